The van der Waals surface area contributed by atoms with E-state index in [1.54, 1.807) is 0 Å². The SMILES string of the molecule is c1ccc(-c2ccc(N3c4ccccc4C4(c5ccccc5Oc5ccccc54)c4cc(-c5ccc6c(c5)oc5ccccc56)ccc43)cc2)cc1. The van der Waals surface area contributed by atoms with E-state index < -0.39 is 5.41 Å². The summed E-state index contributed by atoms with van der Waals surface area (Å²) in [7, 11) is 0. The van der Waals surface area contributed by atoms with Gasteiger partial charge in [0.05, 0.1) is 16.8 Å². The molecule has 0 saturated heterocycles. The van der Waals surface area contributed by atoms with E-state index in [0.29, 0.717) is 0 Å². The molecule has 0 unspecified atom stereocenters. The molecule has 2 aliphatic rings. The van der Waals surface area contributed by atoms with Crippen molar-refractivity contribution in [2.24, 2.45) is 0 Å². The second kappa shape index (κ2) is 11.1. The van der Waals surface area contributed by atoms with E-state index in [2.05, 4.69) is 181 Å². The summed E-state index contributed by atoms with van der Waals surface area (Å²) in [6.45, 7) is 0. The highest BCUT2D eigenvalue weighted by molar-refractivity contribution is 6.06. The van der Waals surface area contributed by atoms with Gasteiger partial charge in [-0.15, -0.1) is 0 Å². The molecule has 0 saturated carbocycles. The minimum atomic E-state index is -0.642. The number of hydrogen-bond acceptors (Lipinski definition) is 3. The molecule has 52 heavy (non-hydrogen) atoms. The smallest absolute Gasteiger partial charge is 0.136 e. The number of rotatable bonds is 3. The number of fused-ring (bicyclic) bond motifs is 11. The number of ether oxygens (including phenoxy) is 1. The number of nitrogens with zero attached hydrogens (tertiary/aromatic N) is 1. The Morgan fingerprint density at radius 3 is 1.71 bits per heavy atom. The van der Waals surface area contributed by atoms with Crippen molar-refractivity contribution in [1.29, 1.82) is 0 Å². The van der Waals surface area contributed by atoms with Crippen molar-refractivity contribution >= 4 is 39.0 Å². The van der Waals surface area contributed by atoms with Gasteiger partial charge in [-0.3, -0.25) is 0 Å². The van der Waals surface area contributed by atoms with Crippen LogP contribution in [0.4, 0.5) is 17.1 Å². The van der Waals surface area contributed by atoms with Crippen molar-refractivity contribution in [2.75, 3.05) is 4.90 Å². The second-order valence-electron chi connectivity index (χ2n) is 13.7. The van der Waals surface area contributed by atoms with Gasteiger partial charge >= 0.3 is 0 Å². The van der Waals surface area contributed by atoms with Crippen LogP contribution in [0, 0.1) is 0 Å². The minimum absolute atomic E-state index is 0.642. The van der Waals surface area contributed by atoms with Gasteiger partial charge in [-0.05, 0) is 94.0 Å². The Kier molecular flexibility index (Phi) is 6.17. The summed E-state index contributed by atoms with van der Waals surface area (Å²) in [5.41, 5.74) is 13.8. The molecule has 3 heteroatoms. The molecule has 0 bridgehead atoms. The molecule has 244 valence electrons. The quantitative estimate of drug-likeness (QED) is 0.188. The van der Waals surface area contributed by atoms with E-state index in [9.17, 15) is 0 Å². The van der Waals surface area contributed by atoms with Gasteiger partial charge in [0.1, 0.15) is 22.7 Å². The fraction of sp³-hybridized carbons (Fsp3) is 0.0204. The van der Waals surface area contributed by atoms with Crippen LogP contribution < -0.4 is 9.64 Å². The normalized spacial score (nSPS) is 13.7. The molecular formula is C49H31NO2. The molecule has 1 spiro atoms. The molecule has 11 rings (SSSR count). The first-order valence-electron chi connectivity index (χ1n) is 17.8. The third kappa shape index (κ3) is 4.08. The second-order valence-corrected chi connectivity index (χ2v) is 13.7. The molecule has 0 aliphatic carbocycles. The summed E-state index contributed by atoms with van der Waals surface area (Å²) >= 11 is 0. The zero-order valence-corrected chi connectivity index (χ0v) is 28.2. The highest BCUT2D eigenvalue weighted by atomic mass is 16.5. The van der Waals surface area contributed by atoms with E-state index >= 15 is 0 Å². The summed E-state index contributed by atoms with van der Waals surface area (Å²) in [5.74, 6) is 1.74. The van der Waals surface area contributed by atoms with Gasteiger partial charge in [-0.2, -0.15) is 0 Å². The van der Waals surface area contributed by atoms with Crippen LogP contribution in [0.5, 0.6) is 11.5 Å². The van der Waals surface area contributed by atoms with Crippen LogP contribution in [0.3, 0.4) is 0 Å². The number of anilines is 3. The van der Waals surface area contributed by atoms with Crippen LogP contribution in [-0.4, -0.2) is 0 Å². The first kappa shape index (κ1) is 28.9. The minimum Gasteiger partial charge on any atom is -0.457 e. The maximum atomic E-state index is 6.67. The van der Waals surface area contributed by atoms with Gasteiger partial charge in [0.25, 0.3) is 0 Å². The molecule has 2 aliphatic heterocycles. The monoisotopic (exact) mass is 665 g/mol. The molecule has 0 radical (unpaired) electrons. The summed E-state index contributed by atoms with van der Waals surface area (Å²) in [6, 6.07) is 67.3. The Balaban J connectivity index is 1.19. The Morgan fingerprint density at radius 1 is 0.365 bits per heavy atom. The van der Waals surface area contributed by atoms with Crippen molar-refractivity contribution in [3.05, 3.63) is 210 Å². The van der Waals surface area contributed by atoms with Gasteiger partial charge in [0, 0.05) is 27.6 Å². The average molecular weight is 666 g/mol. The lowest BCUT2D eigenvalue weighted by molar-refractivity contribution is 0.434. The number of furan rings is 1. The number of hydrogen-bond donors (Lipinski definition) is 0. The molecule has 0 amide bonds. The third-order valence-corrected chi connectivity index (χ3v) is 10.9. The molecule has 1 aromatic heterocycles. The standard InChI is InChI=1S/C49H31NO2/c1-2-12-32(13-3-1)33-22-26-36(27-23-33)50-43-18-8-5-15-39(43)49(40-16-6-10-20-46(40)52-47-21-11-7-17-41(47)49)42-30-34(25-29-44(42)50)35-24-28-38-37-14-4-9-19-45(37)51-48(38)31-35/h1-31H. The third-order valence-electron chi connectivity index (χ3n) is 10.9. The van der Waals surface area contributed by atoms with Crippen LogP contribution in [0.25, 0.3) is 44.2 Å². The first-order chi connectivity index (χ1) is 25.8. The summed E-state index contributed by atoms with van der Waals surface area (Å²) < 4.78 is 13.0. The molecule has 3 heterocycles. The van der Waals surface area contributed by atoms with Crippen molar-refractivity contribution in [3.8, 4) is 33.8 Å². The lowest BCUT2D eigenvalue weighted by atomic mass is 9.61. The van der Waals surface area contributed by atoms with Gasteiger partial charge in [0.15, 0.2) is 0 Å². The molecule has 9 aromatic rings. The topological polar surface area (TPSA) is 25.6 Å². The zero-order valence-electron chi connectivity index (χ0n) is 28.2. The fourth-order valence-electron chi connectivity index (χ4n) is 8.66. The molecule has 3 nitrogen and oxygen atoms in total. The fourth-order valence-corrected chi connectivity index (χ4v) is 8.66. The summed E-state index contributed by atoms with van der Waals surface area (Å²) in [4.78, 5) is 2.43. The average Bonchev–Trinajstić information content (AvgIpc) is 3.59. The lowest BCUT2D eigenvalue weighted by Gasteiger charge is -2.48. The predicted octanol–water partition coefficient (Wildman–Crippen LogP) is 13.2. The van der Waals surface area contributed by atoms with E-state index in [0.717, 1.165) is 72.8 Å². The van der Waals surface area contributed by atoms with Crippen molar-refractivity contribution < 1.29 is 9.15 Å². The maximum Gasteiger partial charge on any atom is 0.136 e. The first-order valence-corrected chi connectivity index (χ1v) is 17.8. The Bertz CT molecular complexity index is 2790. The maximum absolute atomic E-state index is 6.67. The Labute approximate surface area is 301 Å². The summed E-state index contributed by atoms with van der Waals surface area (Å²) in [5, 5.41) is 2.26. The Morgan fingerprint density at radius 2 is 0.923 bits per heavy atom. The highest BCUT2D eigenvalue weighted by Gasteiger charge is 2.51. The van der Waals surface area contributed by atoms with Gasteiger partial charge in [0.2, 0.25) is 0 Å². The molecule has 0 fully saturated rings. The highest BCUT2D eigenvalue weighted by Crippen LogP contribution is 2.63. The Hall–Kier alpha value is -6.84. The molecule has 0 N–H and O–H groups in total. The van der Waals surface area contributed by atoms with Crippen molar-refractivity contribution in [1.82, 2.24) is 0 Å². The van der Waals surface area contributed by atoms with Crippen LogP contribution in [0.2, 0.25) is 0 Å². The van der Waals surface area contributed by atoms with Crippen molar-refractivity contribution in [2.45, 2.75) is 5.41 Å². The largest absolute Gasteiger partial charge is 0.457 e. The predicted molar refractivity (Wildman–Crippen MR) is 211 cm³/mol. The van der Waals surface area contributed by atoms with Gasteiger partial charge < -0.3 is 14.1 Å². The van der Waals surface area contributed by atoms with E-state index in [1.807, 2.05) is 12.1 Å². The zero-order chi connectivity index (χ0) is 34.2. The lowest BCUT2D eigenvalue weighted by Crippen LogP contribution is -2.39. The molecular weight excluding hydrogens is 635 g/mol. The van der Waals surface area contributed by atoms with Crippen LogP contribution >= 0.6 is 0 Å². The van der Waals surface area contributed by atoms with Gasteiger partial charge in [-0.1, -0.05) is 127 Å². The van der Waals surface area contributed by atoms with Crippen molar-refractivity contribution in [3.63, 3.8) is 0 Å². The summed E-state index contributed by atoms with van der Waals surface area (Å²) in [6.07, 6.45) is 0. The van der Waals surface area contributed by atoms with E-state index in [4.69, 9.17) is 9.15 Å². The van der Waals surface area contributed by atoms with E-state index in [1.165, 1.54) is 22.3 Å². The van der Waals surface area contributed by atoms with Crippen LogP contribution in [-0.2, 0) is 5.41 Å². The van der Waals surface area contributed by atoms with E-state index in [-0.39, 0.29) is 0 Å². The number of para-hydroxylation sites is 4. The van der Waals surface area contributed by atoms with Crippen LogP contribution in [0.1, 0.15) is 22.3 Å². The molecule has 0 atom stereocenters. The number of benzene rings is 8. The van der Waals surface area contributed by atoms with Gasteiger partial charge in [-0.25, -0.2) is 0 Å². The molecule has 8 aromatic carbocycles. The van der Waals surface area contributed by atoms with Crippen LogP contribution in [0.15, 0.2) is 192 Å².